The smallest absolute Gasteiger partial charge is 0.294 e. The lowest BCUT2D eigenvalue weighted by Crippen LogP contribution is -2.30. The Hall–Kier alpha value is -2.15. The van der Waals surface area contributed by atoms with Crippen molar-refractivity contribution in [3.05, 3.63) is 27.8 Å². The van der Waals surface area contributed by atoms with Gasteiger partial charge in [0.05, 0.1) is 10.6 Å². The van der Waals surface area contributed by atoms with Crippen molar-refractivity contribution in [2.24, 2.45) is 0 Å². The van der Waals surface area contributed by atoms with Gasteiger partial charge in [-0.3, -0.25) is 14.9 Å². The molecule has 112 valence electrons. The topological polar surface area (TPSA) is 87.5 Å². The summed E-state index contributed by atoms with van der Waals surface area (Å²) in [6.07, 6.45) is 2.04. The van der Waals surface area contributed by atoms with Crippen molar-refractivity contribution in [2.45, 2.75) is 25.3 Å². The highest BCUT2D eigenvalue weighted by Gasteiger charge is 2.29. The fourth-order valence-electron chi connectivity index (χ4n) is 3.02. The van der Waals surface area contributed by atoms with Gasteiger partial charge in [-0.25, -0.2) is 0 Å². The van der Waals surface area contributed by atoms with Gasteiger partial charge < -0.3 is 15.5 Å². The molecule has 0 aromatic heterocycles. The first-order valence-electron chi connectivity index (χ1n) is 7.12. The van der Waals surface area contributed by atoms with E-state index in [2.05, 4.69) is 15.5 Å². The Balaban J connectivity index is 1.99. The molecule has 1 aromatic rings. The first-order valence-corrected chi connectivity index (χ1v) is 7.12. The van der Waals surface area contributed by atoms with Gasteiger partial charge in [-0.15, -0.1) is 0 Å². The minimum Gasteiger partial charge on any atom is -0.364 e. The van der Waals surface area contributed by atoms with Gasteiger partial charge in [0, 0.05) is 31.6 Å². The highest BCUT2D eigenvalue weighted by molar-refractivity contribution is 5.95. The van der Waals surface area contributed by atoms with E-state index in [1.807, 2.05) is 13.1 Å². The summed E-state index contributed by atoms with van der Waals surface area (Å²) in [6, 6.07) is 3.72. The lowest BCUT2D eigenvalue weighted by molar-refractivity contribution is -0.384. The molecule has 3 rings (SSSR count). The number of aryl methyl sites for hydroxylation is 1. The Bertz CT molecular complexity index is 602. The number of hydrogen-bond acceptors (Lipinski definition) is 5. The number of nitro benzene ring substituents is 1. The van der Waals surface area contributed by atoms with Crippen LogP contribution in [0.3, 0.4) is 0 Å². The summed E-state index contributed by atoms with van der Waals surface area (Å²) in [5.74, 6) is -0.0824. The second kappa shape index (κ2) is 5.33. The quantitative estimate of drug-likeness (QED) is 0.646. The molecule has 1 unspecified atom stereocenters. The molecular formula is C14H18N4O3. The summed E-state index contributed by atoms with van der Waals surface area (Å²) in [4.78, 5) is 24.5. The van der Waals surface area contributed by atoms with Gasteiger partial charge >= 0.3 is 0 Å². The molecule has 0 spiro atoms. The average Bonchev–Trinajstić information content (AvgIpc) is 2.94. The molecule has 1 atom stereocenters. The average molecular weight is 290 g/mol. The number of nitro groups is 1. The summed E-state index contributed by atoms with van der Waals surface area (Å²) in [5, 5.41) is 17.3. The number of fused-ring (bicyclic) bond motifs is 1. The van der Waals surface area contributed by atoms with Crippen molar-refractivity contribution < 1.29 is 9.72 Å². The zero-order valence-corrected chi connectivity index (χ0v) is 11.9. The van der Waals surface area contributed by atoms with E-state index in [0.29, 0.717) is 30.3 Å². The van der Waals surface area contributed by atoms with E-state index in [4.69, 9.17) is 0 Å². The molecule has 2 N–H and O–H groups in total. The van der Waals surface area contributed by atoms with Crippen molar-refractivity contribution in [1.29, 1.82) is 0 Å². The molecule has 1 amide bonds. The molecule has 0 radical (unpaired) electrons. The van der Waals surface area contributed by atoms with E-state index < -0.39 is 0 Å². The van der Waals surface area contributed by atoms with Crippen molar-refractivity contribution >= 4 is 23.0 Å². The maximum absolute atomic E-state index is 11.4. The maximum atomic E-state index is 11.4. The van der Waals surface area contributed by atoms with Crippen LogP contribution >= 0.6 is 0 Å². The summed E-state index contributed by atoms with van der Waals surface area (Å²) in [5.41, 5.74) is 2.27. The summed E-state index contributed by atoms with van der Waals surface area (Å²) >= 11 is 0. The number of carbonyl (C=O) groups is 1. The van der Waals surface area contributed by atoms with Crippen LogP contribution in [0, 0.1) is 10.1 Å². The molecule has 2 aliphatic heterocycles. The summed E-state index contributed by atoms with van der Waals surface area (Å²) in [7, 11) is 1.91. The number of carbonyl (C=O) groups excluding carboxylic acids is 1. The van der Waals surface area contributed by atoms with Crippen molar-refractivity contribution in [2.75, 3.05) is 30.4 Å². The van der Waals surface area contributed by atoms with Gasteiger partial charge in [0.15, 0.2) is 0 Å². The van der Waals surface area contributed by atoms with Crippen LogP contribution in [0.2, 0.25) is 0 Å². The third-order valence-corrected chi connectivity index (χ3v) is 4.23. The lowest BCUT2D eigenvalue weighted by atomic mass is 10.0. The molecule has 2 aliphatic rings. The number of anilines is 2. The van der Waals surface area contributed by atoms with Crippen LogP contribution in [0.5, 0.6) is 0 Å². The van der Waals surface area contributed by atoms with Crippen LogP contribution in [0.4, 0.5) is 17.1 Å². The Morgan fingerprint density at radius 1 is 1.43 bits per heavy atom. The first-order chi connectivity index (χ1) is 10.1. The van der Waals surface area contributed by atoms with Gasteiger partial charge in [0.25, 0.3) is 5.69 Å². The van der Waals surface area contributed by atoms with Crippen LogP contribution in [-0.2, 0) is 11.2 Å². The number of benzene rings is 1. The largest absolute Gasteiger partial charge is 0.364 e. The second-order valence-corrected chi connectivity index (χ2v) is 5.52. The molecule has 1 saturated heterocycles. The molecule has 21 heavy (non-hydrogen) atoms. The van der Waals surface area contributed by atoms with Crippen LogP contribution in [-0.4, -0.2) is 37.0 Å². The van der Waals surface area contributed by atoms with Gasteiger partial charge in [-0.05, 0) is 31.5 Å². The van der Waals surface area contributed by atoms with Crippen molar-refractivity contribution in [3.8, 4) is 0 Å². The summed E-state index contributed by atoms with van der Waals surface area (Å²) < 4.78 is 0. The van der Waals surface area contributed by atoms with E-state index in [1.54, 1.807) is 0 Å². The fourth-order valence-corrected chi connectivity index (χ4v) is 3.02. The minimum absolute atomic E-state index is 0.0627. The number of amides is 1. The highest BCUT2D eigenvalue weighted by Crippen LogP contribution is 2.37. The van der Waals surface area contributed by atoms with E-state index in [0.717, 1.165) is 25.1 Å². The molecule has 7 nitrogen and oxygen atoms in total. The minimum atomic E-state index is -0.372. The van der Waals surface area contributed by atoms with Gasteiger partial charge in [0.2, 0.25) is 5.91 Å². The number of rotatable bonds is 3. The SMILES string of the molecule is CNC1CCN(c2cc3c(cc2[N+](=O)[O-])NC(=O)CC3)C1. The molecule has 7 heteroatoms. The summed E-state index contributed by atoms with van der Waals surface area (Å²) in [6.45, 7) is 1.57. The standard InChI is InChI=1S/C14H18N4O3/c1-15-10-4-5-17(8-10)12-6-9-2-3-14(19)16-11(9)7-13(12)18(20)21/h6-7,10,15H,2-5,8H2,1H3,(H,16,19). The molecule has 1 aromatic carbocycles. The molecule has 0 saturated carbocycles. The Labute approximate surface area is 122 Å². The van der Waals surface area contributed by atoms with Crippen LogP contribution < -0.4 is 15.5 Å². The zero-order valence-electron chi connectivity index (χ0n) is 11.9. The first kappa shape index (κ1) is 13.8. The van der Waals surface area contributed by atoms with Crippen molar-refractivity contribution in [3.63, 3.8) is 0 Å². The maximum Gasteiger partial charge on any atom is 0.294 e. The number of likely N-dealkylation sites (N-methyl/N-ethyl adjacent to an activating group) is 1. The van der Waals surface area contributed by atoms with Crippen LogP contribution in [0.25, 0.3) is 0 Å². The Kier molecular flexibility index (Phi) is 3.50. The lowest BCUT2D eigenvalue weighted by Gasteiger charge is -2.23. The van der Waals surface area contributed by atoms with Gasteiger partial charge in [-0.1, -0.05) is 0 Å². The molecule has 0 bridgehead atoms. The molecule has 2 heterocycles. The van der Waals surface area contributed by atoms with E-state index >= 15 is 0 Å². The fraction of sp³-hybridized carbons (Fsp3) is 0.500. The van der Waals surface area contributed by atoms with Crippen LogP contribution in [0.1, 0.15) is 18.4 Å². The molecule has 1 fully saturated rings. The van der Waals surface area contributed by atoms with Crippen LogP contribution in [0.15, 0.2) is 12.1 Å². The zero-order chi connectivity index (χ0) is 15.0. The predicted molar refractivity (Wildman–Crippen MR) is 79.7 cm³/mol. The highest BCUT2D eigenvalue weighted by atomic mass is 16.6. The number of hydrogen-bond donors (Lipinski definition) is 2. The third-order valence-electron chi connectivity index (χ3n) is 4.23. The molecular weight excluding hydrogens is 272 g/mol. The molecule has 0 aliphatic carbocycles. The van der Waals surface area contributed by atoms with E-state index in [9.17, 15) is 14.9 Å². The number of nitrogens with one attached hydrogen (secondary N) is 2. The Morgan fingerprint density at radius 2 is 2.24 bits per heavy atom. The van der Waals surface area contributed by atoms with Gasteiger partial charge in [0.1, 0.15) is 5.69 Å². The van der Waals surface area contributed by atoms with Crippen molar-refractivity contribution in [1.82, 2.24) is 5.32 Å². The third kappa shape index (κ3) is 2.56. The Morgan fingerprint density at radius 3 is 2.90 bits per heavy atom. The monoisotopic (exact) mass is 290 g/mol. The second-order valence-electron chi connectivity index (χ2n) is 5.52. The van der Waals surface area contributed by atoms with E-state index in [1.165, 1.54) is 6.07 Å². The van der Waals surface area contributed by atoms with E-state index in [-0.39, 0.29) is 16.5 Å². The number of nitrogens with zero attached hydrogens (tertiary/aromatic N) is 2. The van der Waals surface area contributed by atoms with Gasteiger partial charge in [-0.2, -0.15) is 0 Å². The predicted octanol–water partition coefficient (Wildman–Crippen LogP) is 1.28. The normalized spacial score (nSPS) is 21.1.